The molecule has 1 saturated heterocycles. The van der Waals surface area contributed by atoms with E-state index < -0.39 is 11.5 Å². The van der Waals surface area contributed by atoms with Crippen LogP contribution in [0.15, 0.2) is 0 Å². The highest BCUT2D eigenvalue weighted by Gasteiger charge is 2.45. The number of nitrogens with one attached hydrogen (secondary N) is 1. The summed E-state index contributed by atoms with van der Waals surface area (Å²) in [5, 5.41) is 13.1. The first-order valence-corrected chi connectivity index (χ1v) is 8.25. The van der Waals surface area contributed by atoms with Gasteiger partial charge in [-0.1, -0.05) is 0 Å². The lowest BCUT2D eigenvalue weighted by Gasteiger charge is -2.45. The second-order valence-corrected chi connectivity index (χ2v) is 6.93. The highest BCUT2D eigenvalue weighted by molar-refractivity contribution is 5.79. The highest BCUT2D eigenvalue weighted by atomic mass is 16.5. The number of likely N-dealkylation sites (tertiary alicyclic amines) is 1. The predicted molar refractivity (Wildman–Crippen MR) is 82.5 cm³/mol. The second kappa shape index (κ2) is 7.07. The number of carboxylic acids is 1. The summed E-state index contributed by atoms with van der Waals surface area (Å²) in [7, 11) is 1.77. The molecule has 1 heterocycles. The Balaban J connectivity index is 2.06. The molecule has 0 aromatic carbocycles. The number of hydrogen-bond acceptors (Lipinski definition) is 4. The van der Waals surface area contributed by atoms with E-state index >= 15 is 0 Å². The van der Waals surface area contributed by atoms with Crippen molar-refractivity contribution >= 4 is 5.97 Å². The topological polar surface area (TPSA) is 61.8 Å². The maximum atomic E-state index is 11.9. The molecular formula is C16H30N2O3. The largest absolute Gasteiger partial charge is 0.480 e. The predicted octanol–water partition coefficient (Wildman–Crippen LogP) is 1.86. The number of ether oxygens (including phenoxy) is 1. The van der Waals surface area contributed by atoms with Crippen LogP contribution in [0.3, 0.4) is 0 Å². The van der Waals surface area contributed by atoms with Gasteiger partial charge in [-0.25, -0.2) is 0 Å². The highest BCUT2D eigenvalue weighted by Crippen LogP contribution is 2.33. The quantitative estimate of drug-likeness (QED) is 0.811. The first kappa shape index (κ1) is 16.7. The van der Waals surface area contributed by atoms with Crippen molar-refractivity contribution < 1.29 is 14.6 Å². The number of piperidine rings is 1. The molecule has 0 amide bonds. The zero-order valence-corrected chi connectivity index (χ0v) is 13.6. The van der Waals surface area contributed by atoms with Crippen LogP contribution < -0.4 is 5.32 Å². The van der Waals surface area contributed by atoms with Gasteiger partial charge < -0.3 is 9.84 Å². The van der Waals surface area contributed by atoms with Crippen LogP contribution in [0.1, 0.15) is 52.4 Å². The molecule has 1 aliphatic carbocycles. The first-order chi connectivity index (χ1) is 9.97. The van der Waals surface area contributed by atoms with Crippen molar-refractivity contribution in [1.29, 1.82) is 0 Å². The molecule has 5 heteroatoms. The lowest BCUT2D eigenvalue weighted by molar-refractivity contribution is -0.148. The minimum Gasteiger partial charge on any atom is -0.480 e. The van der Waals surface area contributed by atoms with Gasteiger partial charge in [0.15, 0.2) is 0 Å². The summed E-state index contributed by atoms with van der Waals surface area (Å²) in [5.41, 5.74) is -0.753. The van der Waals surface area contributed by atoms with Crippen molar-refractivity contribution in [2.75, 3.05) is 20.2 Å². The monoisotopic (exact) mass is 298 g/mol. The number of aliphatic carboxylic acids is 1. The maximum absolute atomic E-state index is 11.9. The van der Waals surface area contributed by atoms with Crippen molar-refractivity contribution in [3.05, 3.63) is 0 Å². The van der Waals surface area contributed by atoms with Gasteiger partial charge in [0.2, 0.25) is 0 Å². The van der Waals surface area contributed by atoms with Gasteiger partial charge in [0, 0.05) is 25.7 Å². The SMILES string of the molecule is COC1CCCN(C2CCCC(NC(C)C)(C(=O)O)C2)C1. The number of rotatable bonds is 5. The van der Waals surface area contributed by atoms with E-state index in [1.807, 2.05) is 13.8 Å². The van der Waals surface area contributed by atoms with E-state index in [2.05, 4.69) is 10.2 Å². The molecule has 1 saturated carbocycles. The van der Waals surface area contributed by atoms with Crippen LogP contribution in [-0.4, -0.2) is 59.9 Å². The Bertz CT molecular complexity index is 361. The van der Waals surface area contributed by atoms with Crippen molar-refractivity contribution in [1.82, 2.24) is 10.2 Å². The molecule has 21 heavy (non-hydrogen) atoms. The fraction of sp³-hybridized carbons (Fsp3) is 0.938. The minimum absolute atomic E-state index is 0.188. The normalized spacial score (nSPS) is 35.0. The Morgan fingerprint density at radius 1 is 1.38 bits per heavy atom. The van der Waals surface area contributed by atoms with Gasteiger partial charge in [0.1, 0.15) is 5.54 Å². The van der Waals surface area contributed by atoms with E-state index in [1.54, 1.807) is 7.11 Å². The van der Waals surface area contributed by atoms with E-state index in [-0.39, 0.29) is 6.04 Å². The number of methoxy groups -OCH3 is 1. The Morgan fingerprint density at radius 2 is 2.14 bits per heavy atom. The fourth-order valence-electron chi connectivity index (χ4n) is 3.99. The zero-order valence-electron chi connectivity index (χ0n) is 13.6. The Labute approximate surface area is 128 Å². The van der Waals surface area contributed by atoms with E-state index in [9.17, 15) is 9.90 Å². The molecule has 2 fully saturated rings. The van der Waals surface area contributed by atoms with Crippen LogP contribution in [0.4, 0.5) is 0 Å². The fourth-order valence-corrected chi connectivity index (χ4v) is 3.99. The molecule has 3 atom stereocenters. The summed E-state index contributed by atoms with van der Waals surface area (Å²) in [6.07, 6.45) is 6.09. The third-order valence-electron chi connectivity index (χ3n) is 4.96. The number of nitrogens with zero attached hydrogens (tertiary/aromatic N) is 1. The first-order valence-electron chi connectivity index (χ1n) is 8.25. The summed E-state index contributed by atoms with van der Waals surface area (Å²) < 4.78 is 5.50. The third-order valence-corrected chi connectivity index (χ3v) is 4.96. The summed E-state index contributed by atoms with van der Waals surface area (Å²) in [6, 6.07) is 0.548. The lowest BCUT2D eigenvalue weighted by atomic mass is 9.77. The van der Waals surface area contributed by atoms with Gasteiger partial charge in [-0.05, 0) is 58.9 Å². The van der Waals surface area contributed by atoms with E-state index in [1.165, 1.54) is 0 Å². The van der Waals surface area contributed by atoms with Crippen LogP contribution in [-0.2, 0) is 9.53 Å². The summed E-state index contributed by atoms with van der Waals surface area (Å²) in [5.74, 6) is -0.693. The van der Waals surface area contributed by atoms with Crippen LogP contribution in [0.25, 0.3) is 0 Å². The van der Waals surface area contributed by atoms with Crippen molar-refractivity contribution in [3.63, 3.8) is 0 Å². The van der Waals surface area contributed by atoms with E-state index in [4.69, 9.17) is 4.74 Å². The molecule has 5 nitrogen and oxygen atoms in total. The van der Waals surface area contributed by atoms with Crippen molar-refractivity contribution in [3.8, 4) is 0 Å². The van der Waals surface area contributed by atoms with Crippen LogP contribution >= 0.6 is 0 Å². The average molecular weight is 298 g/mol. The van der Waals surface area contributed by atoms with Gasteiger partial charge in [0.25, 0.3) is 0 Å². The summed E-state index contributed by atoms with van der Waals surface area (Å²) >= 11 is 0. The molecule has 0 aromatic heterocycles. The van der Waals surface area contributed by atoms with Gasteiger partial charge >= 0.3 is 5.97 Å². The lowest BCUT2D eigenvalue weighted by Crippen LogP contribution is -2.61. The molecular weight excluding hydrogens is 268 g/mol. The molecule has 0 aromatic rings. The molecule has 3 unspecified atom stereocenters. The van der Waals surface area contributed by atoms with Gasteiger partial charge in [-0.2, -0.15) is 0 Å². The van der Waals surface area contributed by atoms with Crippen LogP contribution in [0.2, 0.25) is 0 Å². The van der Waals surface area contributed by atoms with Gasteiger partial charge in [-0.15, -0.1) is 0 Å². The average Bonchev–Trinajstić information content (AvgIpc) is 2.46. The number of carbonyl (C=O) groups is 1. The second-order valence-electron chi connectivity index (χ2n) is 6.93. The molecule has 1 aliphatic heterocycles. The third kappa shape index (κ3) is 3.96. The molecule has 2 N–H and O–H groups in total. The van der Waals surface area contributed by atoms with Gasteiger partial charge in [0.05, 0.1) is 6.10 Å². The summed E-state index contributed by atoms with van der Waals surface area (Å²) in [4.78, 5) is 14.3. The Hall–Kier alpha value is -0.650. The molecule has 0 radical (unpaired) electrons. The molecule has 2 rings (SSSR count). The van der Waals surface area contributed by atoms with Crippen molar-refractivity contribution in [2.45, 2.75) is 76.1 Å². The smallest absolute Gasteiger partial charge is 0.323 e. The van der Waals surface area contributed by atoms with Crippen LogP contribution in [0.5, 0.6) is 0 Å². The Kier molecular flexibility index (Phi) is 5.63. The van der Waals surface area contributed by atoms with E-state index in [0.717, 1.165) is 45.2 Å². The zero-order chi connectivity index (χ0) is 15.5. The standard InChI is InChI=1S/C16H30N2O3/c1-12(2)17-16(15(19)20)8-4-6-13(10-16)18-9-5-7-14(11-18)21-3/h12-14,17H,4-11H2,1-3H3,(H,19,20). The maximum Gasteiger partial charge on any atom is 0.323 e. The summed E-state index contributed by atoms with van der Waals surface area (Å²) in [6.45, 7) is 6.06. The minimum atomic E-state index is -0.753. The molecule has 122 valence electrons. The number of carboxylic acid groups (broad SMARTS) is 1. The van der Waals surface area contributed by atoms with E-state index in [0.29, 0.717) is 18.6 Å². The molecule has 0 bridgehead atoms. The number of hydrogen-bond donors (Lipinski definition) is 2. The van der Waals surface area contributed by atoms with Crippen molar-refractivity contribution in [2.24, 2.45) is 0 Å². The molecule has 2 aliphatic rings. The molecule has 0 spiro atoms. The van der Waals surface area contributed by atoms with Crippen LogP contribution in [0, 0.1) is 0 Å². The van der Waals surface area contributed by atoms with Gasteiger partial charge in [-0.3, -0.25) is 15.0 Å². The Morgan fingerprint density at radius 3 is 2.76 bits per heavy atom.